The van der Waals surface area contributed by atoms with Crippen molar-refractivity contribution in [3.05, 3.63) is 24.3 Å². The molecule has 0 aromatic heterocycles. The van der Waals surface area contributed by atoms with E-state index in [0.29, 0.717) is 11.4 Å². The average molecular weight is 304 g/mol. The van der Waals surface area contributed by atoms with Crippen molar-refractivity contribution in [3.8, 4) is 0 Å². The lowest BCUT2D eigenvalue weighted by atomic mass is 10.1. The lowest BCUT2D eigenvalue weighted by Gasteiger charge is -2.17. The minimum atomic E-state index is -0.951. The Morgan fingerprint density at radius 1 is 1.36 bits per heavy atom. The number of hydrogen-bond acceptors (Lipinski definition) is 3. The van der Waals surface area contributed by atoms with E-state index in [2.05, 4.69) is 5.32 Å². The van der Waals surface area contributed by atoms with E-state index >= 15 is 0 Å². The number of benzene rings is 1. The molecule has 0 bridgehead atoms. The zero-order valence-corrected chi connectivity index (χ0v) is 12.7. The Kier molecular flexibility index (Phi) is 4.80. The summed E-state index contributed by atoms with van der Waals surface area (Å²) >= 11 is 0. The van der Waals surface area contributed by atoms with Crippen LogP contribution in [0.25, 0.3) is 0 Å². The first-order chi connectivity index (χ1) is 10.4. The predicted octanol–water partition coefficient (Wildman–Crippen LogP) is 2.11. The molecule has 1 heterocycles. The number of carbonyl (C=O) groups excluding carboxylic acids is 2. The molecule has 22 heavy (non-hydrogen) atoms. The number of aliphatic carboxylic acids is 1. The summed E-state index contributed by atoms with van der Waals surface area (Å²) in [6, 6.07) is 6.87. The van der Waals surface area contributed by atoms with Gasteiger partial charge in [0.15, 0.2) is 0 Å². The number of anilines is 2. The van der Waals surface area contributed by atoms with Crippen LogP contribution in [0.15, 0.2) is 24.3 Å². The predicted molar refractivity (Wildman–Crippen MR) is 82.6 cm³/mol. The molecule has 1 aromatic carbocycles. The van der Waals surface area contributed by atoms with Gasteiger partial charge in [-0.05, 0) is 30.7 Å². The molecule has 0 aliphatic carbocycles. The van der Waals surface area contributed by atoms with E-state index in [4.69, 9.17) is 5.11 Å². The summed E-state index contributed by atoms with van der Waals surface area (Å²) in [6.07, 6.45) is 0.796. The van der Waals surface area contributed by atoms with Crippen molar-refractivity contribution in [3.63, 3.8) is 0 Å². The second kappa shape index (κ2) is 6.60. The normalized spacial score (nSPS) is 19.1. The van der Waals surface area contributed by atoms with Crippen LogP contribution in [-0.2, 0) is 14.4 Å². The van der Waals surface area contributed by atoms with Gasteiger partial charge in [0.25, 0.3) is 0 Å². The molecular weight excluding hydrogens is 284 g/mol. The summed E-state index contributed by atoms with van der Waals surface area (Å²) < 4.78 is 0. The highest BCUT2D eigenvalue weighted by Crippen LogP contribution is 2.26. The number of rotatable bonds is 5. The fourth-order valence-electron chi connectivity index (χ4n) is 2.30. The van der Waals surface area contributed by atoms with Gasteiger partial charge in [-0.1, -0.05) is 13.8 Å². The van der Waals surface area contributed by atoms with Crippen LogP contribution in [0.5, 0.6) is 0 Å². The third-order valence-corrected chi connectivity index (χ3v) is 3.98. The highest BCUT2D eigenvalue weighted by molar-refractivity contribution is 5.99. The van der Waals surface area contributed by atoms with E-state index in [1.165, 1.54) is 4.90 Å². The molecule has 118 valence electrons. The van der Waals surface area contributed by atoms with Gasteiger partial charge in [-0.3, -0.25) is 14.4 Å². The van der Waals surface area contributed by atoms with Crippen molar-refractivity contribution in [1.82, 2.24) is 0 Å². The molecule has 0 spiro atoms. The third-order valence-electron chi connectivity index (χ3n) is 3.98. The first kappa shape index (κ1) is 16.0. The number of hydrogen-bond donors (Lipinski definition) is 2. The molecular formula is C16H20N2O4. The summed E-state index contributed by atoms with van der Waals surface area (Å²) in [5.74, 6) is -1.90. The van der Waals surface area contributed by atoms with Crippen molar-refractivity contribution in [2.45, 2.75) is 26.7 Å². The largest absolute Gasteiger partial charge is 0.481 e. The van der Waals surface area contributed by atoms with Crippen LogP contribution in [-0.4, -0.2) is 29.4 Å². The van der Waals surface area contributed by atoms with Crippen LogP contribution in [0.1, 0.15) is 26.7 Å². The molecule has 6 nitrogen and oxygen atoms in total. The fraction of sp³-hybridized carbons (Fsp3) is 0.438. The Balaban J connectivity index is 2.05. The van der Waals surface area contributed by atoms with Gasteiger partial charge in [-0.15, -0.1) is 0 Å². The van der Waals surface area contributed by atoms with E-state index < -0.39 is 11.9 Å². The Morgan fingerprint density at radius 2 is 2.00 bits per heavy atom. The number of carbonyl (C=O) groups is 3. The van der Waals surface area contributed by atoms with Gasteiger partial charge in [0.1, 0.15) is 0 Å². The Hall–Kier alpha value is -2.37. The smallest absolute Gasteiger partial charge is 0.308 e. The molecule has 2 rings (SSSR count). The van der Waals surface area contributed by atoms with Crippen LogP contribution >= 0.6 is 0 Å². The van der Waals surface area contributed by atoms with Crippen LogP contribution < -0.4 is 10.2 Å². The van der Waals surface area contributed by atoms with Crippen LogP contribution in [0.3, 0.4) is 0 Å². The van der Waals surface area contributed by atoms with Crippen LogP contribution in [0, 0.1) is 11.8 Å². The van der Waals surface area contributed by atoms with Crippen molar-refractivity contribution in [2.75, 3.05) is 16.8 Å². The molecule has 6 heteroatoms. The van der Waals surface area contributed by atoms with Crippen molar-refractivity contribution >= 4 is 29.2 Å². The van der Waals surface area contributed by atoms with Gasteiger partial charge in [0, 0.05) is 30.3 Å². The van der Waals surface area contributed by atoms with E-state index in [0.717, 1.165) is 6.42 Å². The van der Waals surface area contributed by atoms with Crippen molar-refractivity contribution in [2.24, 2.45) is 11.8 Å². The summed E-state index contributed by atoms with van der Waals surface area (Å²) in [4.78, 5) is 36.1. The zero-order valence-electron chi connectivity index (χ0n) is 12.7. The van der Waals surface area contributed by atoms with Gasteiger partial charge >= 0.3 is 5.97 Å². The maximum Gasteiger partial charge on any atom is 0.308 e. The quantitative estimate of drug-likeness (QED) is 0.872. The van der Waals surface area contributed by atoms with Gasteiger partial charge in [0.2, 0.25) is 11.8 Å². The van der Waals surface area contributed by atoms with Crippen LogP contribution in [0.2, 0.25) is 0 Å². The summed E-state index contributed by atoms with van der Waals surface area (Å²) in [7, 11) is 0. The monoisotopic (exact) mass is 304 g/mol. The average Bonchev–Trinajstić information content (AvgIpc) is 2.89. The number of amides is 2. The number of nitrogens with zero attached hydrogens (tertiary/aromatic N) is 1. The highest BCUT2D eigenvalue weighted by Gasteiger charge is 2.34. The summed E-state index contributed by atoms with van der Waals surface area (Å²) in [6.45, 7) is 4.00. The SMILES string of the molecule is CC[C@H](C)C(=O)Nc1ccc(N2C[C@H](C(=O)O)CC2=O)cc1. The summed E-state index contributed by atoms with van der Waals surface area (Å²) in [5.41, 5.74) is 1.31. The number of nitrogens with one attached hydrogen (secondary N) is 1. The third kappa shape index (κ3) is 3.44. The Morgan fingerprint density at radius 3 is 2.50 bits per heavy atom. The first-order valence-electron chi connectivity index (χ1n) is 7.36. The molecule has 2 N–H and O–H groups in total. The van der Waals surface area contributed by atoms with E-state index in [-0.39, 0.29) is 30.7 Å². The molecule has 2 amide bonds. The van der Waals surface area contributed by atoms with Crippen molar-refractivity contribution in [1.29, 1.82) is 0 Å². The topological polar surface area (TPSA) is 86.7 Å². The molecule has 0 unspecified atom stereocenters. The molecule has 0 saturated carbocycles. The van der Waals surface area contributed by atoms with E-state index in [1.807, 2.05) is 13.8 Å². The standard InChI is InChI=1S/C16H20N2O4/c1-3-10(2)15(20)17-12-4-6-13(7-5-12)18-9-11(16(21)22)8-14(18)19/h4-7,10-11H,3,8-9H2,1-2H3,(H,17,20)(H,21,22)/t10-,11+/m0/s1. The van der Waals surface area contributed by atoms with Gasteiger partial charge < -0.3 is 15.3 Å². The zero-order chi connectivity index (χ0) is 16.3. The van der Waals surface area contributed by atoms with Gasteiger partial charge in [-0.2, -0.15) is 0 Å². The molecule has 0 radical (unpaired) electrons. The fourth-order valence-corrected chi connectivity index (χ4v) is 2.30. The minimum Gasteiger partial charge on any atom is -0.481 e. The second-order valence-corrected chi connectivity index (χ2v) is 5.59. The highest BCUT2D eigenvalue weighted by atomic mass is 16.4. The van der Waals surface area contributed by atoms with E-state index in [9.17, 15) is 14.4 Å². The van der Waals surface area contributed by atoms with Gasteiger partial charge in [-0.25, -0.2) is 0 Å². The van der Waals surface area contributed by atoms with Crippen LogP contribution in [0.4, 0.5) is 11.4 Å². The molecule has 1 aliphatic rings. The number of carboxylic acids is 1. The summed E-state index contributed by atoms with van der Waals surface area (Å²) in [5, 5.41) is 11.8. The Labute approximate surface area is 129 Å². The molecule has 2 atom stereocenters. The minimum absolute atomic E-state index is 0.0296. The molecule has 1 fully saturated rings. The lowest BCUT2D eigenvalue weighted by molar-refractivity contribution is -0.141. The lowest BCUT2D eigenvalue weighted by Crippen LogP contribution is -2.25. The maximum absolute atomic E-state index is 11.9. The molecule has 1 aromatic rings. The molecule has 1 saturated heterocycles. The Bertz CT molecular complexity index is 582. The number of carboxylic acid groups (broad SMARTS) is 1. The first-order valence-corrected chi connectivity index (χ1v) is 7.36. The second-order valence-electron chi connectivity index (χ2n) is 5.59. The maximum atomic E-state index is 11.9. The molecule has 1 aliphatic heterocycles. The van der Waals surface area contributed by atoms with Crippen molar-refractivity contribution < 1.29 is 19.5 Å². The van der Waals surface area contributed by atoms with Gasteiger partial charge in [0.05, 0.1) is 5.92 Å². The van der Waals surface area contributed by atoms with E-state index in [1.54, 1.807) is 24.3 Å².